The van der Waals surface area contributed by atoms with Crippen molar-refractivity contribution in [1.29, 1.82) is 0 Å². The van der Waals surface area contributed by atoms with E-state index >= 15 is 0 Å². The third-order valence-electron chi connectivity index (χ3n) is 11.1. The molecule has 4 rings (SSSR count). The molecule has 2 nitrogen and oxygen atoms in total. The summed E-state index contributed by atoms with van der Waals surface area (Å²) in [6, 6.07) is 0. The van der Waals surface area contributed by atoms with Gasteiger partial charge in [0.25, 0.3) is 0 Å². The van der Waals surface area contributed by atoms with E-state index in [4.69, 9.17) is 4.74 Å². The molecule has 0 aliphatic heterocycles. The zero-order valence-electron chi connectivity index (χ0n) is 22.0. The number of hydrogen-bond donors (Lipinski definition) is 0. The van der Waals surface area contributed by atoms with Gasteiger partial charge in [-0.15, -0.1) is 0 Å². The van der Waals surface area contributed by atoms with Gasteiger partial charge in [0.1, 0.15) is 6.10 Å². The minimum absolute atomic E-state index is 0.0843. The number of ether oxygens (including phenoxy) is 1. The predicted octanol–water partition coefficient (Wildman–Crippen LogP) is 8.93. The molecule has 0 amide bonds. The van der Waals surface area contributed by atoms with Crippen LogP contribution in [0.5, 0.6) is 0 Å². The first-order chi connectivity index (χ1) is 15.4. The van der Waals surface area contributed by atoms with Crippen molar-refractivity contribution in [1.82, 2.24) is 0 Å². The van der Waals surface area contributed by atoms with Crippen LogP contribution >= 0.6 is 31.9 Å². The minimum Gasteiger partial charge on any atom is -0.462 e. The summed E-state index contributed by atoms with van der Waals surface area (Å²) >= 11 is 8.56. The summed E-state index contributed by atoms with van der Waals surface area (Å²) < 4.78 is 6.37. The van der Waals surface area contributed by atoms with Crippen LogP contribution in [0.3, 0.4) is 0 Å². The number of halogens is 2. The molecule has 4 saturated carbocycles. The summed E-state index contributed by atoms with van der Waals surface area (Å²) in [6.07, 6.45) is 14.4. The van der Waals surface area contributed by atoms with Gasteiger partial charge in [-0.05, 0) is 78.9 Å². The molecule has 0 aromatic carbocycles. The quantitative estimate of drug-likeness (QED) is 0.229. The minimum atomic E-state index is -0.0843. The summed E-state index contributed by atoms with van der Waals surface area (Å²) in [4.78, 5) is 12.7. The molecule has 0 heterocycles. The van der Waals surface area contributed by atoms with E-state index in [0.29, 0.717) is 33.4 Å². The van der Waals surface area contributed by atoms with E-state index in [9.17, 15) is 4.79 Å². The molecule has 0 spiro atoms. The molecule has 33 heavy (non-hydrogen) atoms. The van der Waals surface area contributed by atoms with E-state index in [-0.39, 0.29) is 16.4 Å². The number of alkyl halides is 2. The lowest BCUT2D eigenvalue weighted by Crippen LogP contribution is -2.63. The molecule has 0 bridgehead atoms. The van der Waals surface area contributed by atoms with Gasteiger partial charge in [0.15, 0.2) is 0 Å². The Balaban J connectivity index is 1.62. The van der Waals surface area contributed by atoms with Gasteiger partial charge in [0.2, 0.25) is 0 Å². The molecular formula is C29H48Br2O2. The highest BCUT2D eigenvalue weighted by Crippen LogP contribution is 2.71. The van der Waals surface area contributed by atoms with Gasteiger partial charge in [0, 0.05) is 22.0 Å². The Hall–Kier alpha value is 0.430. The van der Waals surface area contributed by atoms with Crippen LogP contribution in [-0.2, 0) is 9.53 Å². The van der Waals surface area contributed by atoms with Gasteiger partial charge >= 0.3 is 5.97 Å². The first-order valence-corrected chi connectivity index (χ1v) is 15.6. The maximum atomic E-state index is 12.2. The highest BCUT2D eigenvalue weighted by Gasteiger charge is 2.67. The van der Waals surface area contributed by atoms with Gasteiger partial charge in [0.05, 0.1) is 0 Å². The molecule has 10 atom stereocenters. The molecule has 0 saturated heterocycles. The van der Waals surface area contributed by atoms with E-state index in [2.05, 4.69) is 66.5 Å². The first kappa shape index (κ1) is 26.5. The molecule has 0 aromatic heterocycles. The number of esters is 1. The second-order valence-corrected chi connectivity index (χ2v) is 15.8. The van der Waals surface area contributed by atoms with E-state index in [0.717, 1.165) is 24.2 Å². The average molecular weight is 589 g/mol. The lowest BCUT2D eigenvalue weighted by molar-refractivity contribution is -0.150. The van der Waals surface area contributed by atoms with Gasteiger partial charge in [-0.2, -0.15) is 0 Å². The van der Waals surface area contributed by atoms with Crippen LogP contribution in [-0.4, -0.2) is 21.2 Å². The molecule has 190 valence electrons. The fourth-order valence-electron chi connectivity index (χ4n) is 9.61. The Morgan fingerprint density at radius 1 is 1.03 bits per heavy atom. The molecule has 0 aromatic rings. The van der Waals surface area contributed by atoms with Crippen molar-refractivity contribution >= 4 is 37.8 Å². The van der Waals surface area contributed by atoms with Crippen molar-refractivity contribution in [3.8, 4) is 0 Å². The molecule has 4 aliphatic rings. The van der Waals surface area contributed by atoms with Crippen LogP contribution in [0.2, 0.25) is 0 Å². The number of fused-ring (bicyclic) bond motifs is 5. The second-order valence-electron chi connectivity index (χ2n) is 13.3. The Morgan fingerprint density at radius 3 is 2.39 bits per heavy atom. The second kappa shape index (κ2) is 9.71. The highest BCUT2D eigenvalue weighted by molar-refractivity contribution is 9.12. The molecule has 0 radical (unpaired) electrons. The number of hydrogen-bond acceptors (Lipinski definition) is 2. The lowest BCUT2D eigenvalue weighted by atomic mass is 9.44. The third kappa shape index (κ3) is 4.42. The van der Waals surface area contributed by atoms with Crippen molar-refractivity contribution in [2.24, 2.45) is 46.3 Å². The van der Waals surface area contributed by atoms with Crippen LogP contribution in [0.15, 0.2) is 0 Å². The smallest absolute Gasteiger partial charge is 0.302 e. The van der Waals surface area contributed by atoms with Crippen LogP contribution in [0.4, 0.5) is 0 Å². The van der Waals surface area contributed by atoms with E-state index in [1.54, 1.807) is 6.92 Å². The van der Waals surface area contributed by atoms with Crippen LogP contribution in [0.1, 0.15) is 112 Å². The summed E-state index contributed by atoms with van der Waals surface area (Å²) in [5, 5.41) is 0. The van der Waals surface area contributed by atoms with E-state index in [1.165, 1.54) is 64.2 Å². The standard InChI is InChI=1S/C29H48Br2O2/c1-18(2)10-9-11-19(3)26-24(33-20(4)32)17-23-21-16-25(30)29(31)14-8-7-13-28(29,6)22(21)12-15-27(23,26)5/h18-19,21-26H,7-17H2,1-6H3/t19-,21-,22+,23+,24?,25?,26+,27+,28-,29?/m1/s1. The number of rotatable bonds is 6. The van der Waals surface area contributed by atoms with Crippen molar-refractivity contribution in [3.05, 3.63) is 0 Å². The predicted molar refractivity (Wildman–Crippen MR) is 145 cm³/mol. The maximum Gasteiger partial charge on any atom is 0.302 e. The Labute approximate surface area is 220 Å². The average Bonchev–Trinajstić information content (AvgIpc) is 3.01. The number of carbonyl (C=O) groups excluding carboxylic acids is 1. The first-order valence-electron chi connectivity index (χ1n) is 13.9. The fourth-order valence-corrected chi connectivity index (χ4v) is 11.8. The Kier molecular flexibility index (Phi) is 7.80. The summed E-state index contributed by atoms with van der Waals surface area (Å²) in [5.41, 5.74) is 0.657. The summed E-state index contributed by atoms with van der Waals surface area (Å²) in [6.45, 7) is 13.9. The van der Waals surface area contributed by atoms with Crippen molar-refractivity contribution < 1.29 is 9.53 Å². The lowest BCUT2D eigenvalue weighted by Gasteiger charge is -2.65. The van der Waals surface area contributed by atoms with Gasteiger partial charge in [-0.3, -0.25) is 4.79 Å². The topological polar surface area (TPSA) is 26.3 Å². The van der Waals surface area contributed by atoms with Crippen molar-refractivity contribution in [2.45, 2.75) is 127 Å². The molecule has 0 N–H and O–H groups in total. The number of carbonyl (C=O) groups is 1. The summed E-state index contributed by atoms with van der Waals surface area (Å²) in [7, 11) is 0. The van der Waals surface area contributed by atoms with Crippen LogP contribution in [0, 0.1) is 46.3 Å². The molecule has 4 fully saturated rings. The largest absolute Gasteiger partial charge is 0.462 e. The van der Waals surface area contributed by atoms with Gasteiger partial charge < -0.3 is 4.74 Å². The fraction of sp³-hybridized carbons (Fsp3) is 0.966. The SMILES string of the molecule is CC(=O)OC1C[C@H]2[C@@H]3CC(Br)C4(Br)CCCC[C@]4(C)[C@H]3CC[C@]2(C)[C@H]1[C@H](C)CCCC(C)C. The third-order valence-corrected chi connectivity index (χ3v) is 14.7. The van der Waals surface area contributed by atoms with Crippen LogP contribution < -0.4 is 0 Å². The van der Waals surface area contributed by atoms with Crippen LogP contribution in [0.25, 0.3) is 0 Å². The van der Waals surface area contributed by atoms with Crippen molar-refractivity contribution in [3.63, 3.8) is 0 Å². The molecule has 3 unspecified atom stereocenters. The zero-order valence-corrected chi connectivity index (χ0v) is 25.1. The van der Waals surface area contributed by atoms with E-state index in [1.807, 2.05) is 0 Å². The maximum absolute atomic E-state index is 12.2. The Bertz CT molecular complexity index is 724. The normalized spacial score (nSPS) is 48.0. The summed E-state index contributed by atoms with van der Waals surface area (Å²) in [5.74, 6) is 4.01. The van der Waals surface area contributed by atoms with E-state index < -0.39 is 0 Å². The molecule has 4 heteroatoms. The monoisotopic (exact) mass is 586 g/mol. The highest BCUT2D eigenvalue weighted by atomic mass is 79.9. The molecule has 4 aliphatic carbocycles. The Morgan fingerprint density at radius 2 is 1.73 bits per heavy atom. The van der Waals surface area contributed by atoms with Crippen molar-refractivity contribution in [2.75, 3.05) is 0 Å². The molecular weight excluding hydrogens is 540 g/mol. The van der Waals surface area contributed by atoms with Gasteiger partial charge in [-0.1, -0.05) is 98.6 Å². The van der Waals surface area contributed by atoms with Gasteiger partial charge in [-0.25, -0.2) is 0 Å². The zero-order chi connectivity index (χ0) is 24.2.